The van der Waals surface area contributed by atoms with Crippen LogP contribution in [0.1, 0.15) is 23.7 Å². The second kappa shape index (κ2) is 8.91. The predicted octanol–water partition coefficient (Wildman–Crippen LogP) is 5.32. The van der Waals surface area contributed by atoms with Crippen molar-refractivity contribution in [2.45, 2.75) is 37.8 Å². The minimum absolute atomic E-state index is 0.267. The van der Waals surface area contributed by atoms with Gasteiger partial charge in [-0.2, -0.15) is 13.2 Å². The second-order valence-electron chi connectivity index (χ2n) is 6.93. The van der Waals surface area contributed by atoms with Crippen LogP contribution in [0.25, 0.3) is 0 Å². The van der Waals surface area contributed by atoms with E-state index in [2.05, 4.69) is 4.98 Å². The maximum Gasteiger partial charge on any atom is 0.502 e. The number of para-hydroxylation sites is 1. The Kier molecular flexibility index (Phi) is 6.61. The molecule has 32 heavy (non-hydrogen) atoms. The number of rotatable bonds is 6. The first kappa shape index (κ1) is 23.7. The van der Waals surface area contributed by atoms with Gasteiger partial charge >= 0.3 is 5.51 Å². The van der Waals surface area contributed by atoms with E-state index in [1.165, 1.54) is 24.0 Å². The van der Waals surface area contributed by atoms with E-state index in [1.807, 2.05) is 26.0 Å². The lowest BCUT2D eigenvalue weighted by Gasteiger charge is -2.19. The predicted molar refractivity (Wildman–Crippen MR) is 115 cm³/mol. The highest BCUT2D eigenvalue weighted by molar-refractivity contribution is 7.92. The molecule has 0 N–H and O–H groups in total. The third-order valence-electron chi connectivity index (χ3n) is 4.61. The normalized spacial score (nSPS) is 11.9. The molecule has 0 aliphatic heterocycles. The Hall–Kier alpha value is -2.92. The molecule has 2 aromatic carbocycles. The van der Waals surface area contributed by atoms with Gasteiger partial charge in [0.15, 0.2) is 5.13 Å². The van der Waals surface area contributed by atoms with Crippen molar-refractivity contribution in [1.82, 2.24) is 4.98 Å². The number of halogens is 3. The van der Waals surface area contributed by atoms with Gasteiger partial charge in [-0.05, 0) is 49.2 Å². The minimum atomic E-state index is -5.57. The second-order valence-corrected chi connectivity index (χ2v) is 9.68. The number of thiazole rings is 1. The first-order valence-electron chi connectivity index (χ1n) is 9.27. The zero-order valence-electron chi connectivity index (χ0n) is 17.3. The fourth-order valence-electron chi connectivity index (χ4n) is 2.82. The van der Waals surface area contributed by atoms with Crippen molar-refractivity contribution in [3.8, 4) is 5.75 Å². The summed E-state index contributed by atoms with van der Waals surface area (Å²) in [4.78, 5) is 17.1. The maximum atomic E-state index is 13.0. The molecule has 0 bridgehead atoms. The van der Waals surface area contributed by atoms with Gasteiger partial charge in [0, 0.05) is 12.3 Å². The Balaban J connectivity index is 1.85. The number of hydrogen-bond acceptors (Lipinski definition) is 6. The van der Waals surface area contributed by atoms with Gasteiger partial charge in [0.25, 0.3) is 9.84 Å². The van der Waals surface area contributed by atoms with Gasteiger partial charge in [-0.3, -0.25) is 9.69 Å². The van der Waals surface area contributed by atoms with Crippen LogP contribution in [0.3, 0.4) is 0 Å². The van der Waals surface area contributed by atoms with Crippen molar-refractivity contribution >= 4 is 37.9 Å². The Morgan fingerprint density at radius 2 is 1.81 bits per heavy atom. The lowest BCUT2D eigenvalue weighted by molar-refractivity contribution is -0.115. The third-order valence-corrected chi connectivity index (χ3v) is 7.01. The fraction of sp³-hybridized carbons (Fsp3) is 0.238. The van der Waals surface area contributed by atoms with Crippen molar-refractivity contribution in [2.24, 2.45) is 0 Å². The largest absolute Gasteiger partial charge is 0.502 e. The van der Waals surface area contributed by atoms with E-state index < -0.39 is 26.0 Å². The smallest absolute Gasteiger partial charge is 0.486 e. The zero-order valence-corrected chi connectivity index (χ0v) is 18.9. The zero-order chi connectivity index (χ0) is 23.7. The number of aromatic nitrogens is 1. The summed E-state index contributed by atoms with van der Waals surface area (Å²) >= 11 is 1.16. The van der Waals surface area contributed by atoms with Gasteiger partial charge in [-0.1, -0.05) is 18.2 Å². The highest BCUT2D eigenvalue weighted by Crippen LogP contribution is 2.36. The van der Waals surface area contributed by atoms with Gasteiger partial charge in [-0.25, -0.2) is 13.4 Å². The molecule has 0 aliphatic carbocycles. The molecule has 0 unspecified atom stereocenters. The molecule has 1 amide bonds. The molecule has 6 nitrogen and oxygen atoms in total. The number of alkyl halides is 3. The maximum absolute atomic E-state index is 13.0. The van der Waals surface area contributed by atoms with E-state index in [0.717, 1.165) is 34.6 Å². The number of carbonyl (C=O) groups excluding carboxylic acids is 1. The number of nitrogens with zero attached hydrogens (tertiary/aromatic N) is 2. The van der Waals surface area contributed by atoms with E-state index in [-0.39, 0.29) is 12.5 Å². The van der Waals surface area contributed by atoms with Crippen LogP contribution in [0.2, 0.25) is 0 Å². The number of aryl methyl sites for hydroxylation is 2. The van der Waals surface area contributed by atoms with E-state index in [9.17, 15) is 26.4 Å². The lowest BCUT2D eigenvalue weighted by Crippen LogP contribution is -2.24. The summed E-state index contributed by atoms with van der Waals surface area (Å²) in [6.07, 6.45) is 0. The summed E-state index contributed by atoms with van der Waals surface area (Å²) in [5.41, 5.74) is -2.42. The van der Waals surface area contributed by atoms with E-state index in [1.54, 1.807) is 11.4 Å². The SMILES string of the molecule is CC(=O)N(c1ccc(C)c(C)c1)c1nc(COc2ccccc2S(=O)(=O)C(F)(F)F)cs1. The Bertz CT molecular complexity index is 1250. The number of amides is 1. The molecule has 0 radical (unpaired) electrons. The molecule has 1 aromatic heterocycles. The topological polar surface area (TPSA) is 76.6 Å². The molecule has 3 rings (SSSR count). The summed E-state index contributed by atoms with van der Waals surface area (Å²) < 4.78 is 67.8. The van der Waals surface area contributed by atoms with Crippen LogP contribution in [0, 0.1) is 13.8 Å². The molecule has 0 fully saturated rings. The number of carbonyl (C=O) groups is 1. The number of sulfone groups is 1. The first-order valence-corrected chi connectivity index (χ1v) is 11.6. The Morgan fingerprint density at radius 3 is 2.44 bits per heavy atom. The Labute approximate surface area is 187 Å². The van der Waals surface area contributed by atoms with Crippen molar-refractivity contribution in [3.63, 3.8) is 0 Å². The van der Waals surface area contributed by atoms with E-state index >= 15 is 0 Å². The quantitative estimate of drug-likeness (QED) is 0.474. The molecule has 1 heterocycles. The van der Waals surface area contributed by atoms with Crippen LogP contribution >= 0.6 is 11.3 Å². The Morgan fingerprint density at radius 1 is 1.12 bits per heavy atom. The van der Waals surface area contributed by atoms with Crippen LogP contribution < -0.4 is 9.64 Å². The van der Waals surface area contributed by atoms with Crippen LogP contribution in [0.15, 0.2) is 52.7 Å². The average Bonchev–Trinajstić information content (AvgIpc) is 3.16. The van der Waals surface area contributed by atoms with Crippen molar-refractivity contribution in [3.05, 3.63) is 64.7 Å². The molecular formula is C21H19F3N2O4S2. The summed E-state index contributed by atoms with van der Waals surface area (Å²) in [7, 11) is -5.57. The van der Waals surface area contributed by atoms with Gasteiger partial charge in [0.05, 0.1) is 11.4 Å². The monoisotopic (exact) mass is 484 g/mol. The molecule has 0 aliphatic rings. The van der Waals surface area contributed by atoms with Crippen LogP contribution in [-0.2, 0) is 21.2 Å². The number of hydrogen-bond donors (Lipinski definition) is 0. The number of benzene rings is 2. The van der Waals surface area contributed by atoms with Crippen LogP contribution in [0.5, 0.6) is 5.75 Å². The highest BCUT2D eigenvalue weighted by atomic mass is 32.2. The first-order chi connectivity index (χ1) is 14.9. The van der Waals surface area contributed by atoms with Crippen molar-refractivity contribution < 1.29 is 31.1 Å². The number of anilines is 2. The van der Waals surface area contributed by atoms with Crippen molar-refractivity contribution in [2.75, 3.05) is 4.90 Å². The molecular weight excluding hydrogens is 465 g/mol. The minimum Gasteiger partial charge on any atom is -0.486 e. The third kappa shape index (κ3) is 4.78. The molecule has 11 heteroatoms. The molecule has 0 atom stereocenters. The molecule has 0 saturated carbocycles. The van der Waals surface area contributed by atoms with E-state index in [0.29, 0.717) is 16.5 Å². The summed E-state index contributed by atoms with van der Waals surface area (Å²) in [6, 6.07) is 10.1. The summed E-state index contributed by atoms with van der Waals surface area (Å²) in [5.74, 6) is -0.700. The molecule has 170 valence electrons. The lowest BCUT2D eigenvalue weighted by atomic mass is 10.1. The van der Waals surface area contributed by atoms with Gasteiger partial charge in [0.2, 0.25) is 5.91 Å². The molecule has 0 saturated heterocycles. The standard InChI is InChI=1S/C21H19F3N2O4S2/c1-13-8-9-17(10-14(13)2)26(15(3)27)20-25-16(12-31-20)11-30-18-6-4-5-7-19(18)32(28,29)21(22,23)24/h4-10,12H,11H2,1-3H3. The highest BCUT2D eigenvalue weighted by Gasteiger charge is 2.48. The average molecular weight is 485 g/mol. The summed E-state index contributed by atoms with van der Waals surface area (Å²) in [5, 5.41) is 1.95. The fourth-order valence-corrected chi connectivity index (χ4v) is 4.60. The number of ether oxygens (including phenoxy) is 1. The summed E-state index contributed by atoms with van der Waals surface area (Å²) in [6.45, 7) is 4.99. The van der Waals surface area contributed by atoms with Crippen molar-refractivity contribution in [1.29, 1.82) is 0 Å². The van der Waals surface area contributed by atoms with E-state index in [4.69, 9.17) is 4.74 Å². The van der Waals surface area contributed by atoms with Crippen LogP contribution in [-0.4, -0.2) is 24.8 Å². The molecule has 0 spiro atoms. The van der Waals surface area contributed by atoms with Gasteiger partial charge in [-0.15, -0.1) is 11.3 Å². The van der Waals surface area contributed by atoms with Gasteiger partial charge < -0.3 is 4.74 Å². The molecule has 3 aromatic rings. The van der Waals surface area contributed by atoms with Gasteiger partial charge in [0.1, 0.15) is 17.3 Å². The van der Waals surface area contributed by atoms with Crippen LogP contribution in [0.4, 0.5) is 24.0 Å².